The Kier molecular flexibility index (Phi) is 4.04. The van der Waals surface area contributed by atoms with Crippen LogP contribution in [0.5, 0.6) is 0 Å². The second-order valence-corrected chi connectivity index (χ2v) is 3.02. The fourth-order valence-corrected chi connectivity index (χ4v) is 1.00. The van der Waals surface area contributed by atoms with Crippen molar-refractivity contribution in [3.05, 3.63) is 5.89 Å². The van der Waals surface area contributed by atoms with Crippen LogP contribution in [0, 0.1) is 0 Å². The first-order valence-electron chi connectivity index (χ1n) is 4.68. The Balaban J connectivity index is 2.53. The predicted octanol–water partition coefficient (Wildman–Crippen LogP) is -0.883. The molecule has 0 aliphatic rings. The average molecular weight is 213 g/mol. The Labute approximate surface area is 87.4 Å². The highest BCUT2D eigenvalue weighted by molar-refractivity contribution is 5.83. The number of nitrogens with two attached hydrogens (primary N) is 1. The van der Waals surface area contributed by atoms with Crippen molar-refractivity contribution in [2.75, 3.05) is 18.9 Å². The summed E-state index contributed by atoms with van der Waals surface area (Å²) >= 11 is 0. The third kappa shape index (κ3) is 3.21. The number of carbonyl (C=O) groups excluding carboxylic acids is 1. The Bertz CT molecular complexity index is 325. The molecule has 1 rings (SSSR count). The molecule has 0 radical (unpaired) electrons. The van der Waals surface area contributed by atoms with E-state index in [0.717, 1.165) is 0 Å². The number of hydrogen-bond donors (Lipinski definition) is 3. The van der Waals surface area contributed by atoms with Crippen LogP contribution in [-0.4, -0.2) is 35.7 Å². The first kappa shape index (κ1) is 11.4. The summed E-state index contributed by atoms with van der Waals surface area (Å²) in [7, 11) is 1.56. The number of aromatic nitrogens is 2. The maximum atomic E-state index is 11.2. The number of anilines is 1. The van der Waals surface area contributed by atoms with Crippen molar-refractivity contribution in [1.82, 2.24) is 15.5 Å². The van der Waals surface area contributed by atoms with Gasteiger partial charge in [0.1, 0.15) is 6.04 Å². The maximum Gasteiger partial charge on any atom is 0.316 e. The lowest BCUT2D eigenvalue weighted by Crippen LogP contribution is -2.35. The van der Waals surface area contributed by atoms with Crippen molar-refractivity contribution in [3.63, 3.8) is 0 Å². The molecule has 0 aromatic carbocycles. The Hall–Kier alpha value is -1.63. The van der Waals surface area contributed by atoms with E-state index in [9.17, 15) is 4.79 Å². The molecule has 0 saturated heterocycles. The number of carbonyl (C=O) groups is 1. The molecule has 1 aromatic rings. The van der Waals surface area contributed by atoms with E-state index in [0.29, 0.717) is 18.9 Å². The Morgan fingerprint density at radius 3 is 2.93 bits per heavy atom. The van der Waals surface area contributed by atoms with Crippen molar-refractivity contribution < 1.29 is 9.21 Å². The third-order valence-corrected chi connectivity index (χ3v) is 1.80. The molecule has 0 aliphatic carbocycles. The van der Waals surface area contributed by atoms with E-state index in [1.54, 1.807) is 14.0 Å². The van der Waals surface area contributed by atoms with Gasteiger partial charge in [-0.25, -0.2) is 0 Å². The number of amides is 1. The van der Waals surface area contributed by atoms with Crippen LogP contribution in [0.15, 0.2) is 4.42 Å². The number of hydrogen-bond acceptors (Lipinski definition) is 6. The van der Waals surface area contributed by atoms with Crippen LogP contribution in [-0.2, 0) is 11.2 Å². The highest BCUT2D eigenvalue weighted by Gasteiger charge is 2.13. The molecule has 0 saturated carbocycles. The number of nitrogens with zero attached hydrogens (tertiary/aromatic N) is 2. The fraction of sp³-hybridized carbons (Fsp3) is 0.625. The van der Waals surface area contributed by atoms with Crippen molar-refractivity contribution in [2.24, 2.45) is 5.73 Å². The van der Waals surface area contributed by atoms with Gasteiger partial charge >= 0.3 is 6.01 Å². The molecule has 84 valence electrons. The summed E-state index contributed by atoms with van der Waals surface area (Å²) in [6, 6.07) is -0.185. The summed E-state index contributed by atoms with van der Waals surface area (Å²) < 4.78 is 5.20. The molecule has 7 heteroatoms. The van der Waals surface area contributed by atoms with Gasteiger partial charge in [0.15, 0.2) is 0 Å². The smallest absolute Gasteiger partial charge is 0.316 e. The highest BCUT2D eigenvalue weighted by Crippen LogP contribution is 2.06. The minimum absolute atomic E-state index is 0.145. The number of nitrogens with one attached hydrogen (secondary N) is 2. The van der Waals surface area contributed by atoms with Gasteiger partial charge in [0.05, 0.1) is 0 Å². The second-order valence-electron chi connectivity index (χ2n) is 3.02. The van der Waals surface area contributed by atoms with E-state index in [1.165, 1.54) is 0 Å². The van der Waals surface area contributed by atoms with E-state index in [2.05, 4.69) is 20.8 Å². The van der Waals surface area contributed by atoms with E-state index in [-0.39, 0.29) is 11.9 Å². The van der Waals surface area contributed by atoms with Gasteiger partial charge < -0.3 is 20.8 Å². The van der Waals surface area contributed by atoms with Crippen LogP contribution in [0.1, 0.15) is 12.8 Å². The largest absolute Gasteiger partial charge is 0.408 e. The molecule has 7 nitrogen and oxygen atoms in total. The van der Waals surface area contributed by atoms with Crippen molar-refractivity contribution in [2.45, 2.75) is 19.4 Å². The topological polar surface area (TPSA) is 106 Å². The standard InChI is InChI=1S/C8H15N5O2/c1-5(7(14)10-2)11-8-13-12-6(15-8)3-4-9/h5H,3-4,9H2,1-2H3,(H,10,14)(H,11,13). The molecule has 0 spiro atoms. The van der Waals surface area contributed by atoms with Crippen LogP contribution in [0.2, 0.25) is 0 Å². The number of likely N-dealkylation sites (N-methyl/N-ethyl adjacent to an activating group) is 1. The lowest BCUT2D eigenvalue weighted by molar-refractivity contribution is -0.121. The predicted molar refractivity (Wildman–Crippen MR) is 54.2 cm³/mol. The quantitative estimate of drug-likeness (QED) is 0.586. The van der Waals surface area contributed by atoms with Crippen LogP contribution in [0.4, 0.5) is 6.01 Å². The minimum Gasteiger partial charge on any atom is -0.408 e. The van der Waals surface area contributed by atoms with Gasteiger partial charge in [-0.15, -0.1) is 5.10 Å². The Morgan fingerprint density at radius 1 is 1.60 bits per heavy atom. The molecular formula is C8H15N5O2. The maximum absolute atomic E-state index is 11.2. The van der Waals surface area contributed by atoms with E-state index >= 15 is 0 Å². The molecule has 0 fully saturated rings. The lowest BCUT2D eigenvalue weighted by Gasteiger charge is -2.08. The van der Waals surface area contributed by atoms with Gasteiger partial charge in [-0.2, -0.15) is 0 Å². The third-order valence-electron chi connectivity index (χ3n) is 1.80. The molecule has 1 heterocycles. The monoisotopic (exact) mass is 213 g/mol. The first-order valence-corrected chi connectivity index (χ1v) is 4.68. The molecule has 0 bridgehead atoms. The van der Waals surface area contributed by atoms with Crippen molar-refractivity contribution >= 4 is 11.9 Å². The summed E-state index contributed by atoms with van der Waals surface area (Å²) in [5, 5.41) is 12.8. The van der Waals surface area contributed by atoms with Gasteiger partial charge in [0.25, 0.3) is 0 Å². The first-order chi connectivity index (χ1) is 7.17. The van der Waals surface area contributed by atoms with Gasteiger partial charge in [0, 0.05) is 20.0 Å². The summed E-state index contributed by atoms with van der Waals surface area (Å²) in [5.74, 6) is 0.317. The van der Waals surface area contributed by atoms with Crippen molar-refractivity contribution in [1.29, 1.82) is 0 Å². The highest BCUT2D eigenvalue weighted by atomic mass is 16.4. The molecule has 1 unspecified atom stereocenters. The zero-order valence-electron chi connectivity index (χ0n) is 8.78. The lowest BCUT2D eigenvalue weighted by atomic mass is 10.3. The summed E-state index contributed by atoms with van der Waals surface area (Å²) in [6.45, 7) is 2.15. The van der Waals surface area contributed by atoms with Crippen LogP contribution in [0.3, 0.4) is 0 Å². The van der Waals surface area contributed by atoms with Crippen LogP contribution in [0.25, 0.3) is 0 Å². The summed E-state index contributed by atoms with van der Waals surface area (Å²) in [5.41, 5.74) is 5.33. The molecular weight excluding hydrogens is 198 g/mol. The van der Waals surface area contributed by atoms with E-state index < -0.39 is 6.04 Å². The SMILES string of the molecule is CNC(=O)C(C)Nc1nnc(CCN)o1. The van der Waals surface area contributed by atoms with Gasteiger partial charge in [-0.05, 0) is 6.92 Å². The average Bonchev–Trinajstić information content (AvgIpc) is 2.65. The minimum atomic E-state index is -0.416. The Morgan fingerprint density at radius 2 is 2.33 bits per heavy atom. The molecule has 1 amide bonds. The van der Waals surface area contributed by atoms with Gasteiger partial charge in [-0.1, -0.05) is 5.10 Å². The number of rotatable bonds is 5. The molecule has 15 heavy (non-hydrogen) atoms. The normalized spacial score (nSPS) is 12.2. The van der Waals surface area contributed by atoms with Crippen molar-refractivity contribution in [3.8, 4) is 0 Å². The molecule has 4 N–H and O–H groups in total. The zero-order valence-corrected chi connectivity index (χ0v) is 8.78. The molecule has 1 atom stereocenters. The van der Waals surface area contributed by atoms with E-state index in [4.69, 9.17) is 10.2 Å². The molecule has 0 aliphatic heterocycles. The van der Waals surface area contributed by atoms with Crippen LogP contribution >= 0.6 is 0 Å². The van der Waals surface area contributed by atoms with Gasteiger partial charge in [-0.3, -0.25) is 4.79 Å². The van der Waals surface area contributed by atoms with E-state index in [1.807, 2.05) is 0 Å². The summed E-state index contributed by atoms with van der Waals surface area (Å²) in [4.78, 5) is 11.2. The summed E-state index contributed by atoms with van der Waals surface area (Å²) in [6.07, 6.45) is 0.531. The fourth-order valence-electron chi connectivity index (χ4n) is 1.00. The molecule has 1 aromatic heterocycles. The zero-order chi connectivity index (χ0) is 11.3. The van der Waals surface area contributed by atoms with Gasteiger partial charge in [0.2, 0.25) is 11.8 Å². The van der Waals surface area contributed by atoms with Crippen LogP contribution < -0.4 is 16.4 Å². The second kappa shape index (κ2) is 5.30.